The van der Waals surface area contributed by atoms with Gasteiger partial charge in [-0.15, -0.1) is 0 Å². The van der Waals surface area contributed by atoms with E-state index in [1.165, 1.54) is 32.7 Å². The van der Waals surface area contributed by atoms with E-state index in [9.17, 15) is 8.42 Å². The Morgan fingerprint density at radius 1 is 0.833 bits per heavy atom. The van der Waals surface area contributed by atoms with E-state index >= 15 is 0 Å². The van der Waals surface area contributed by atoms with Crippen molar-refractivity contribution in [3.63, 3.8) is 0 Å². The zero-order valence-corrected chi connectivity index (χ0v) is 15.2. The predicted molar refractivity (Wildman–Crippen MR) is 92.9 cm³/mol. The van der Waals surface area contributed by atoms with Gasteiger partial charge in [0.25, 0.3) is 10.0 Å². The van der Waals surface area contributed by atoms with Gasteiger partial charge in [-0.05, 0) is 36.8 Å². The van der Waals surface area contributed by atoms with Crippen LogP contribution in [0.4, 0.5) is 5.69 Å². The largest absolute Gasteiger partial charge is 0.495 e. The highest BCUT2D eigenvalue weighted by Crippen LogP contribution is 2.34. The van der Waals surface area contributed by atoms with Crippen molar-refractivity contribution < 1.29 is 22.6 Å². The fourth-order valence-electron chi connectivity index (χ4n) is 2.29. The highest BCUT2D eigenvalue weighted by atomic mass is 32.2. The second kappa shape index (κ2) is 7.00. The second-order valence-electron chi connectivity index (χ2n) is 5.17. The molecule has 130 valence electrons. The van der Waals surface area contributed by atoms with Crippen LogP contribution in [0, 0.1) is 6.92 Å². The zero-order chi connectivity index (χ0) is 17.9. The Bertz CT molecular complexity index is 833. The fraction of sp³-hybridized carbons (Fsp3) is 0.294. The molecule has 0 radical (unpaired) electrons. The van der Waals surface area contributed by atoms with Crippen molar-refractivity contribution in [2.45, 2.75) is 11.8 Å². The minimum atomic E-state index is -3.79. The van der Waals surface area contributed by atoms with Crippen LogP contribution in [0.15, 0.2) is 41.3 Å². The van der Waals surface area contributed by atoms with Crippen LogP contribution in [0.2, 0.25) is 0 Å². The molecule has 0 aliphatic rings. The van der Waals surface area contributed by atoms with Gasteiger partial charge < -0.3 is 14.2 Å². The molecule has 7 heteroatoms. The van der Waals surface area contributed by atoms with Crippen molar-refractivity contribution >= 4 is 15.7 Å². The highest BCUT2D eigenvalue weighted by molar-refractivity contribution is 7.92. The third-order valence-electron chi connectivity index (χ3n) is 3.69. The van der Waals surface area contributed by atoms with Crippen LogP contribution in [0.1, 0.15) is 5.56 Å². The van der Waals surface area contributed by atoms with Crippen molar-refractivity contribution in [2.24, 2.45) is 0 Å². The summed E-state index contributed by atoms with van der Waals surface area (Å²) in [6.45, 7) is 1.83. The molecule has 0 unspecified atom stereocenters. The van der Waals surface area contributed by atoms with E-state index in [0.29, 0.717) is 22.9 Å². The number of hydrogen-bond donors (Lipinski definition) is 0. The van der Waals surface area contributed by atoms with E-state index in [1.807, 2.05) is 6.92 Å². The Labute approximate surface area is 142 Å². The molecule has 0 saturated carbocycles. The van der Waals surface area contributed by atoms with Crippen molar-refractivity contribution in [3.05, 3.63) is 42.0 Å². The van der Waals surface area contributed by atoms with Gasteiger partial charge in [0.2, 0.25) is 0 Å². The monoisotopic (exact) mass is 351 g/mol. The number of rotatable bonds is 6. The van der Waals surface area contributed by atoms with Gasteiger partial charge in [-0.2, -0.15) is 0 Å². The maximum atomic E-state index is 13.0. The van der Waals surface area contributed by atoms with Crippen LogP contribution >= 0.6 is 0 Å². The molecule has 2 aromatic rings. The number of ether oxygens (including phenoxy) is 3. The van der Waals surface area contributed by atoms with Gasteiger partial charge in [-0.25, -0.2) is 8.42 Å². The van der Waals surface area contributed by atoms with Crippen LogP contribution in [0.25, 0.3) is 0 Å². The molecule has 0 saturated heterocycles. The molecule has 0 heterocycles. The van der Waals surface area contributed by atoms with Gasteiger partial charge in [0, 0.05) is 13.1 Å². The predicted octanol–water partition coefficient (Wildman–Crippen LogP) is 2.85. The first-order chi connectivity index (χ1) is 11.3. The SMILES string of the molecule is COc1ccc(N(C)S(=O)(=O)c2cc(C)ccc2OC)cc1OC. The van der Waals surface area contributed by atoms with Gasteiger partial charge in [0.1, 0.15) is 10.6 Å². The summed E-state index contributed by atoms with van der Waals surface area (Å²) in [6, 6.07) is 9.96. The summed E-state index contributed by atoms with van der Waals surface area (Å²) in [5.74, 6) is 1.28. The molecular weight excluding hydrogens is 330 g/mol. The third-order valence-corrected chi connectivity index (χ3v) is 5.50. The highest BCUT2D eigenvalue weighted by Gasteiger charge is 2.26. The summed E-state index contributed by atoms with van der Waals surface area (Å²) in [5.41, 5.74) is 1.28. The van der Waals surface area contributed by atoms with Gasteiger partial charge in [-0.1, -0.05) is 6.07 Å². The Morgan fingerprint density at radius 3 is 2.00 bits per heavy atom. The van der Waals surface area contributed by atoms with Crippen LogP contribution in [-0.2, 0) is 10.0 Å². The summed E-state index contributed by atoms with van der Waals surface area (Å²) in [4.78, 5) is 0.113. The first-order valence-corrected chi connectivity index (χ1v) is 8.64. The Kier molecular flexibility index (Phi) is 5.23. The molecule has 0 aliphatic carbocycles. The van der Waals surface area contributed by atoms with Crippen molar-refractivity contribution in [3.8, 4) is 17.2 Å². The number of hydrogen-bond acceptors (Lipinski definition) is 5. The van der Waals surface area contributed by atoms with E-state index in [2.05, 4.69) is 0 Å². The standard InChI is InChI=1S/C17H21NO5S/c1-12-6-8-15(22-4)17(10-12)24(19,20)18(2)13-7-9-14(21-3)16(11-13)23-5/h6-11H,1-5H3. The van der Waals surface area contributed by atoms with Crippen LogP contribution < -0.4 is 18.5 Å². The molecule has 0 atom stereocenters. The maximum Gasteiger partial charge on any atom is 0.267 e. The average Bonchev–Trinajstić information content (AvgIpc) is 2.60. The second-order valence-corrected chi connectivity index (χ2v) is 7.10. The van der Waals surface area contributed by atoms with Gasteiger partial charge >= 0.3 is 0 Å². The van der Waals surface area contributed by atoms with E-state index in [-0.39, 0.29) is 4.90 Å². The minimum Gasteiger partial charge on any atom is -0.495 e. The van der Waals surface area contributed by atoms with Crippen molar-refractivity contribution in [1.82, 2.24) is 0 Å². The normalized spacial score (nSPS) is 11.0. The summed E-state index contributed by atoms with van der Waals surface area (Å²) in [7, 11) is 2.16. The molecule has 0 aromatic heterocycles. The molecule has 0 bridgehead atoms. The lowest BCUT2D eigenvalue weighted by Gasteiger charge is -2.22. The molecule has 0 amide bonds. The molecular formula is C17H21NO5S. The molecule has 2 aromatic carbocycles. The Morgan fingerprint density at radius 2 is 1.42 bits per heavy atom. The lowest BCUT2D eigenvalue weighted by molar-refractivity contribution is 0.355. The van der Waals surface area contributed by atoms with E-state index in [0.717, 1.165) is 5.56 Å². The number of methoxy groups -OCH3 is 3. The topological polar surface area (TPSA) is 65.1 Å². The molecule has 0 spiro atoms. The zero-order valence-electron chi connectivity index (χ0n) is 14.4. The third kappa shape index (κ3) is 3.26. The molecule has 24 heavy (non-hydrogen) atoms. The maximum absolute atomic E-state index is 13.0. The molecule has 6 nitrogen and oxygen atoms in total. The first-order valence-electron chi connectivity index (χ1n) is 7.20. The van der Waals surface area contributed by atoms with Crippen LogP contribution in [-0.4, -0.2) is 36.8 Å². The number of benzene rings is 2. The van der Waals surface area contributed by atoms with Gasteiger partial charge in [-0.3, -0.25) is 4.31 Å². The quantitative estimate of drug-likeness (QED) is 0.801. The summed E-state index contributed by atoms with van der Waals surface area (Å²) in [5, 5.41) is 0. The van der Waals surface area contributed by atoms with E-state index < -0.39 is 10.0 Å². The molecule has 0 aliphatic heterocycles. The Balaban J connectivity index is 2.52. The van der Waals surface area contributed by atoms with Gasteiger partial charge in [0.15, 0.2) is 11.5 Å². The number of nitrogens with zero attached hydrogens (tertiary/aromatic N) is 1. The van der Waals surface area contributed by atoms with Crippen molar-refractivity contribution in [1.29, 1.82) is 0 Å². The Hall–Kier alpha value is -2.41. The molecule has 0 N–H and O–H groups in total. The summed E-state index contributed by atoms with van der Waals surface area (Å²) < 4.78 is 42.8. The number of anilines is 1. The van der Waals surface area contributed by atoms with E-state index in [4.69, 9.17) is 14.2 Å². The van der Waals surface area contributed by atoms with Gasteiger partial charge in [0.05, 0.1) is 27.0 Å². The number of aryl methyl sites for hydroxylation is 1. The fourth-order valence-corrected chi connectivity index (χ4v) is 3.72. The van der Waals surface area contributed by atoms with Crippen molar-refractivity contribution in [2.75, 3.05) is 32.7 Å². The van der Waals surface area contributed by atoms with E-state index in [1.54, 1.807) is 36.4 Å². The average molecular weight is 351 g/mol. The minimum absolute atomic E-state index is 0.113. The number of sulfonamides is 1. The van der Waals surface area contributed by atoms with Crippen LogP contribution in [0.3, 0.4) is 0 Å². The first kappa shape index (κ1) is 17.9. The smallest absolute Gasteiger partial charge is 0.267 e. The summed E-state index contributed by atoms with van der Waals surface area (Å²) >= 11 is 0. The lowest BCUT2D eigenvalue weighted by Crippen LogP contribution is -2.27. The van der Waals surface area contributed by atoms with Crippen LogP contribution in [0.5, 0.6) is 17.2 Å². The lowest BCUT2D eigenvalue weighted by atomic mass is 10.2. The molecule has 0 fully saturated rings. The molecule has 2 rings (SSSR count). The summed E-state index contributed by atoms with van der Waals surface area (Å²) in [6.07, 6.45) is 0.